The Morgan fingerprint density at radius 2 is 1.69 bits per heavy atom. The topological polar surface area (TPSA) is 94.8 Å². The molecule has 2 aromatic carbocycles. The quantitative estimate of drug-likeness (QED) is 0.576. The number of halogens is 1. The number of nitrogens with zero attached hydrogens (tertiary/aromatic N) is 3. The predicted octanol–water partition coefficient (Wildman–Crippen LogP) is 3.45. The summed E-state index contributed by atoms with van der Waals surface area (Å²) in [7, 11) is 4.63. The van der Waals surface area contributed by atoms with Gasteiger partial charge in [-0.15, -0.1) is 0 Å². The van der Waals surface area contributed by atoms with E-state index in [1.54, 1.807) is 32.4 Å². The molecule has 3 N–H and O–H groups in total. The van der Waals surface area contributed by atoms with E-state index >= 15 is 0 Å². The zero-order valence-corrected chi connectivity index (χ0v) is 18.5. The summed E-state index contributed by atoms with van der Waals surface area (Å²) < 4.78 is 29.7. The molecule has 3 aromatic rings. The molecule has 32 heavy (non-hydrogen) atoms. The number of aromatic nitrogens is 2. The second-order valence-electron chi connectivity index (χ2n) is 7.82. The SMILES string of the molecule is COc1ccc(CN2CCC(Nc3nc(N)c4cc(OC)c(OC)cc4n3)CC2)cc1F. The van der Waals surface area contributed by atoms with E-state index < -0.39 is 0 Å². The number of piperidine rings is 1. The summed E-state index contributed by atoms with van der Waals surface area (Å²) >= 11 is 0. The van der Waals surface area contributed by atoms with Gasteiger partial charge in [0.05, 0.1) is 26.8 Å². The lowest BCUT2D eigenvalue weighted by Gasteiger charge is -2.32. The van der Waals surface area contributed by atoms with Crippen molar-refractivity contribution in [3.8, 4) is 17.2 Å². The molecule has 4 rings (SSSR count). The molecule has 0 amide bonds. The van der Waals surface area contributed by atoms with Crippen LogP contribution in [0.3, 0.4) is 0 Å². The van der Waals surface area contributed by atoms with Gasteiger partial charge in [-0.25, -0.2) is 9.37 Å². The van der Waals surface area contributed by atoms with Crippen LogP contribution >= 0.6 is 0 Å². The number of likely N-dealkylation sites (tertiary alicyclic amines) is 1. The van der Waals surface area contributed by atoms with Crippen LogP contribution in [-0.2, 0) is 6.54 Å². The van der Waals surface area contributed by atoms with E-state index in [-0.39, 0.29) is 17.6 Å². The number of nitrogen functional groups attached to an aromatic ring is 1. The molecule has 0 atom stereocenters. The van der Waals surface area contributed by atoms with Crippen molar-refractivity contribution in [2.75, 3.05) is 45.5 Å². The summed E-state index contributed by atoms with van der Waals surface area (Å²) in [6.45, 7) is 2.48. The first kappa shape index (κ1) is 21.9. The zero-order valence-electron chi connectivity index (χ0n) is 18.5. The second kappa shape index (κ2) is 9.44. The highest BCUT2D eigenvalue weighted by Crippen LogP contribution is 2.34. The molecule has 0 aliphatic carbocycles. The van der Waals surface area contributed by atoms with E-state index in [2.05, 4.69) is 20.2 Å². The number of nitrogens with two attached hydrogens (primary N) is 1. The maximum Gasteiger partial charge on any atom is 0.225 e. The maximum atomic E-state index is 14.0. The van der Waals surface area contributed by atoms with Gasteiger partial charge in [0.25, 0.3) is 0 Å². The highest BCUT2D eigenvalue weighted by molar-refractivity contribution is 5.91. The van der Waals surface area contributed by atoms with Gasteiger partial charge in [-0.05, 0) is 36.6 Å². The second-order valence-corrected chi connectivity index (χ2v) is 7.82. The maximum absolute atomic E-state index is 14.0. The Labute approximate surface area is 186 Å². The van der Waals surface area contributed by atoms with Crippen molar-refractivity contribution in [1.29, 1.82) is 0 Å². The van der Waals surface area contributed by atoms with E-state index in [9.17, 15) is 4.39 Å². The molecular formula is C23H28FN5O3. The highest BCUT2D eigenvalue weighted by Gasteiger charge is 2.21. The van der Waals surface area contributed by atoms with Gasteiger partial charge in [0.1, 0.15) is 5.82 Å². The Morgan fingerprint density at radius 1 is 1.00 bits per heavy atom. The molecule has 0 bridgehead atoms. The molecule has 1 saturated heterocycles. The molecule has 0 saturated carbocycles. The van der Waals surface area contributed by atoms with Gasteiger partial charge >= 0.3 is 0 Å². The molecule has 9 heteroatoms. The summed E-state index contributed by atoms with van der Waals surface area (Å²) in [4.78, 5) is 11.4. The summed E-state index contributed by atoms with van der Waals surface area (Å²) in [5.74, 6) is 1.99. The van der Waals surface area contributed by atoms with Gasteiger partial charge in [0.15, 0.2) is 23.1 Å². The van der Waals surface area contributed by atoms with Gasteiger partial charge in [0.2, 0.25) is 5.95 Å². The van der Waals surface area contributed by atoms with Crippen molar-refractivity contribution in [2.24, 2.45) is 0 Å². The fraction of sp³-hybridized carbons (Fsp3) is 0.391. The van der Waals surface area contributed by atoms with Crippen LogP contribution in [0.5, 0.6) is 17.2 Å². The minimum absolute atomic E-state index is 0.232. The van der Waals surface area contributed by atoms with Gasteiger partial charge in [0, 0.05) is 37.1 Å². The van der Waals surface area contributed by atoms with E-state index in [1.165, 1.54) is 13.2 Å². The van der Waals surface area contributed by atoms with E-state index in [0.717, 1.165) is 36.9 Å². The van der Waals surface area contributed by atoms with E-state index in [1.807, 2.05) is 6.07 Å². The Balaban J connectivity index is 1.40. The lowest BCUT2D eigenvalue weighted by Crippen LogP contribution is -2.39. The minimum atomic E-state index is -0.332. The van der Waals surface area contributed by atoms with Crippen LogP contribution in [0.15, 0.2) is 30.3 Å². The number of fused-ring (bicyclic) bond motifs is 1. The normalized spacial score (nSPS) is 15.0. The average molecular weight is 442 g/mol. The van der Waals surface area contributed by atoms with Crippen molar-refractivity contribution < 1.29 is 18.6 Å². The Bertz CT molecular complexity index is 1100. The average Bonchev–Trinajstić information content (AvgIpc) is 2.79. The fourth-order valence-electron chi connectivity index (χ4n) is 4.03. The number of benzene rings is 2. The summed E-state index contributed by atoms with van der Waals surface area (Å²) in [5, 5.41) is 4.13. The lowest BCUT2D eigenvalue weighted by molar-refractivity contribution is 0.210. The standard InChI is InChI=1S/C23H28FN5O3/c1-30-19-5-4-14(10-17(19)24)13-29-8-6-15(7-9-29)26-23-27-18-12-21(32-3)20(31-2)11-16(18)22(25)28-23/h4-5,10-12,15H,6-9,13H2,1-3H3,(H3,25,26,27,28). The number of anilines is 2. The molecular weight excluding hydrogens is 413 g/mol. The first-order valence-electron chi connectivity index (χ1n) is 10.5. The first-order valence-corrected chi connectivity index (χ1v) is 10.5. The molecule has 8 nitrogen and oxygen atoms in total. The third kappa shape index (κ3) is 4.62. The van der Waals surface area contributed by atoms with Gasteiger partial charge in [-0.1, -0.05) is 6.07 Å². The third-order valence-electron chi connectivity index (χ3n) is 5.77. The molecule has 2 heterocycles. The van der Waals surface area contributed by atoms with Crippen molar-refractivity contribution >= 4 is 22.7 Å². The Hall–Kier alpha value is -3.33. The fourth-order valence-corrected chi connectivity index (χ4v) is 4.03. The van der Waals surface area contributed by atoms with E-state index in [4.69, 9.17) is 19.9 Å². The van der Waals surface area contributed by atoms with Crippen LogP contribution in [0.2, 0.25) is 0 Å². The molecule has 1 fully saturated rings. The molecule has 1 aromatic heterocycles. The smallest absolute Gasteiger partial charge is 0.225 e. The number of ether oxygens (including phenoxy) is 3. The van der Waals surface area contributed by atoms with Gasteiger partial charge in [-0.3, -0.25) is 4.90 Å². The van der Waals surface area contributed by atoms with Crippen molar-refractivity contribution in [3.05, 3.63) is 41.7 Å². The zero-order chi connectivity index (χ0) is 22.7. The monoisotopic (exact) mass is 441 g/mol. The van der Waals surface area contributed by atoms with Crippen LogP contribution in [0.25, 0.3) is 10.9 Å². The van der Waals surface area contributed by atoms with Crippen LogP contribution in [-0.4, -0.2) is 55.3 Å². The summed E-state index contributed by atoms with van der Waals surface area (Å²) in [6, 6.07) is 8.93. The number of hydrogen-bond donors (Lipinski definition) is 2. The lowest BCUT2D eigenvalue weighted by atomic mass is 10.0. The van der Waals surface area contributed by atoms with Crippen molar-refractivity contribution in [2.45, 2.75) is 25.4 Å². The third-order valence-corrected chi connectivity index (χ3v) is 5.77. The summed E-state index contributed by atoms with van der Waals surface area (Å²) in [5.41, 5.74) is 7.81. The van der Waals surface area contributed by atoms with Crippen LogP contribution in [0.4, 0.5) is 16.2 Å². The van der Waals surface area contributed by atoms with Crippen molar-refractivity contribution in [3.63, 3.8) is 0 Å². The molecule has 0 unspecified atom stereocenters. The first-order chi connectivity index (χ1) is 15.5. The largest absolute Gasteiger partial charge is 0.494 e. The molecule has 1 aliphatic rings. The highest BCUT2D eigenvalue weighted by atomic mass is 19.1. The van der Waals surface area contributed by atoms with Crippen LogP contribution < -0.4 is 25.3 Å². The molecule has 0 spiro atoms. The van der Waals surface area contributed by atoms with Gasteiger partial charge in [-0.2, -0.15) is 4.98 Å². The van der Waals surface area contributed by atoms with E-state index in [0.29, 0.717) is 35.3 Å². The Kier molecular flexibility index (Phi) is 6.45. The number of rotatable bonds is 7. The molecule has 0 radical (unpaired) electrons. The molecule has 1 aliphatic heterocycles. The number of nitrogens with one attached hydrogen (secondary N) is 1. The summed E-state index contributed by atoms with van der Waals surface area (Å²) in [6.07, 6.45) is 1.84. The predicted molar refractivity (Wildman–Crippen MR) is 122 cm³/mol. The molecule has 170 valence electrons. The van der Waals surface area contributed by atoms with Gasteiger partial charge < -0.3 is 25.3 Å². The number of hydrogen-bond acceptors (Lipinski definition) is 8. The minimum Gasteiger partial charge on any atom is -0.494 e. The number of methoxy groups -OCH3 is 3. The van der Waals surface area contributed by atoms with Crippen molar-refractivity contribution in [1.82, 2.24) is 14.9 Å². The van der Waals surface area contributed by atoms with Crippen LogP contribution in [0.1, 0.15) is 18.4 Å². The Morgan fingerprint density at radius 3 is 2.34 bits per heavy atom. The van der Waals surface area contributed by atoms with Crippen LogP contribution in [0, 0.1) is 5.82 Å².